The van der Waals surface area contributed by atoms with Gasteiger partial charge in [0.2, 0.25) is 0 Å². The highest BCUT2D eigenvalue weighted by Crippen LogP contribution is 2.22. The number of carbonyl (C=O) groups excluding carboxylic acids is 1. The van der Waals surface area contributed by atoms with E-state index in [-0.39, 0.29) is 12.1 Å². The highest BCUT2D eigenvalue weighted by Gasteiger charge is 2.29. The number of amides is 2. The van der Waals surface area contributed by atoms with Crippen LogP contribution in [0.2, 0.25) is 0 Å². The molecule has 0 aliphatic heterocycles. The highest BCUT2D eigenvalue weighted by molar-refractivity contribution is 7.91. The van der Waals surface area contributed by atoms with Crippen molar-refractivity contribution in [2.24, 2.45) is 0 Å². The van der Waals surface area contributed by atoms with E-state index in [2.05, 4.69) is 15.6 Å². The van der Waals surface area contributed by atoms with Crippen molar-refractivity contribution in [2.45, 2.75) is 50.9 Å². The molecular weight excluding hydrogens is 390 g/mol. The van der Waals surface area contributed by atoms with Gasteiger partial charge in [0.05, 0.1) is 11.3 Å². The van der Waals surface area contributed by atoms with Gasteiger partial charge in [0.15, 0.2) is 9.84 Å². The van der Waals surface area contributed by atoms with Crippen molar-refractivity contribution in [2.75, 3.05) is 6.26 Å². The highest BCUT2D eigenvalue weighted by atomic mass is 32.2. The molecule has 1 aliphatic rings. The third-order valence-corrected chi connectivity index (χ3v) is 7.10. The number of hydrogen-bond acceptors (Lipinski definition) is 4. The summed E-state index contributed by atoms with van der Waals surface area (Å²) in [5, 5.41) is 4.64. The van der Waals surface area contributed by atoms with Crippen molar-refractivity contribution in [3.63, 3.8) is 0 Å². The maximum atomic E-state index is 12.5. The molecule has 7 nitrogen and oxygen atoms in total. The molecule has 0 fully saturated rings. The van der Waals surface area contributed by atoms with Gasteiger partial charge in [0, 0.05) is 24.1 Å². The average molecular weight is 418 g/mol. The van der Waals surface area contributed by atoms with Crippen molar-refractivity contribution in [1.29, 1.82) is 0 Å². The van der Waals surface area contributed by atoms with E-state index < -0.39 is 27.2 Å². The molecule has 1 aromatic carbocycles. The third kappa shape index (κ3) is 5.06. The minimum Gasteiger partial charge on any atom is -0.334 e. The number of carbonyl (C=O) groups is 1. The molecule has 0 spiro atoms. The molecule has 156 valence electrons. The van der Waals surface area contributed by atoms with Gasteiger partial charge < -0.3 is 15.6 Å². The third-order valence-electron chi connectivity index (χ3n) is 5.47. The molecule has 0 saturated carbocycles. The maximum Gasteiger partial charge on any atom is 0.315 e. The topological polar surface area (TPSA) is 108 Å². The lowest BCUT2D eigenvalue weighted by Crippen LogP contribution is -2.43. The van der Waals surface area contributed by atoms with Crippen LogP contribution in [-0.2, 0) is 29.2 Å². The normalized spacial score (nSPS) is 15.4. The van der Waals surface area contributed by atoms with E-state index in [9.17, 15) is 18.0 Å². The van der Waals surface area contributed by atoms with Crippen molar-refractivity contribution in [1.82, 2.24) is 15.6 Å². The molecule has 29 heavy (non-hydrogen) atoms. The molecule has 0 radical (unpaired) electrons. The van der Waals surface area contributed by atoms with Crippen LogP contribution in [0, 0.1) is 6.92 Å². The first-order chi connectivity index (χ1) is 13.6. The Kier molecular flexibility index (Phi) is 6.12. The summed E-state index contributed by atoms with van der Waals surface area (Å²) in [5.74, 6) is 0. The quantitative estimate of drug-likeness (QED) is 0.669. The minimum absolute atomic E-state index is 0.0717. The minimum atomic E-state index is -3.38. The van der Waals surface area contributed by atoms with Crippen LogP contribution in [0.4, 0.5) is 4.79 Å². The summed E-state index contributed by atoms with van der Waals surface area (Å²) in [4.78, 5) is 27.6. The number of aromatic nitrogens is 1. The fourth-order valence-electron chi connectivity index (χ4n) is 3.55. The fraction of sp³-hybridized carbons (Fsp3) is 0.429. The molecule has 1 heterocycles. The van der Waals surface area contributed by atoms with Crippen LogP contribution in [0.15, 0.2) is 35.1 Å². The number of sulfone groups is 1. The monoisotopic (exact) mass is 417 g/mol. The predicted molar refractivity (Wildman–Crippen MR) is 113 cm³/mol. The molecule has 2 unspecified atom stereocenters. The van der Waals surface area contributed by atoms with Gasteiger partial charge in [-0.2, -0.15) is 0 Å². The van der Waals surface area contributed by atoms with Gasteiger partial charge in [-0.1, -0.05) is 29.8 Å². The first kappa shape index (κ1) is 21.1. The number of hydrogen-bond donors (Lipinski definition) is 3. The summed E-state index contributed by atoms with van der Waals surface area (Å²) in [6.07, 6.45) is 3.97. The number of H-pyrrole nitrogens is 1. The van der Waals surface area contributed by atoms with E-state index in [0.29, 0.717) is 11.1 Å². The van der Waals surface area contributed by atoms with Crippen LogP contribution in [0.25, 0.3) is 0 Å². The summed E-state index contributed by atoms with van der Waals surface area (Å²) >= 11 is 0. The number of aryl methyl sites for hydroxylation is 3. The lowest BCUT2D eigenvalue weighted by Gasteiger charge is -2.25. The van der Waals surface area contributed by atoms with Crippen molar-refractivity contribution < 1.29 is 13.2 Å². The lowest BCUT2D eigenvalue weighted by molar-refractivity contribution is 0.236. The summed E-state index contributed by atoms with van der Waals surface area (Å²) in [6, 6.07) is 8.00. The maximum absolute atomic E-state index is 12.5. The van der Waals surface area contributed by atoms with Gasteiger partial charge >= 0.3 is 6.03 Å². The molecule has 1 aliphatic carbocycles. The summed E-state index contributed by atoms with van der Waals surface area (Å²) in [6.45, 7) is 3.58. The van der Waals surface area contributed by atoms with Gasteiger partial charge in [0.25, 0.3) is 5.56 Å². The van der Waals surface area contributed by atoms with E-state index in [0.717, 1.165) is 42.3 Å². The zero-order valence-corrected chi connectivity index (χ0v) is 17.7. The van der Waals surface area contributed by atoms with Crippen molar-refractivity contribution >= 4 is 15.9 Å². The zero-order chi connectivity index (χ0) is 21.2. The molecule has 0 bridgehead atoms. The van der Waals surface area contributed by atoms with Crippen LogP contribution in [0.3, 0.4) is 0 Å². The molecule has 3 rings (SSSR count). The van der Waals surface area contributed by atoms with E-state index in [4.69, 9.17) is 0 Å². The fourth-order valence-corrected chi connectivity index (χ4v) is 4.27. The standard InChI is InChI=1S/C21H27N3O4S/c1-13-7-9-15(10-8-13)19(14(2)29(3,27)28)24-21(26)22-12-17-11-16-5-4-6-18(16)23-20(17)25/h7-11,14,19H,4-6,12H2,1-3H3,(H,23,25)(H2,22,24,26). The van der Waals surface area contributed by atoms with Gasteiger partial charge in [-0.3, -0.25) is 4.79 Å². The molecule has 1 aromatic heterocycles. The lowest BCUT2D eigenvalue weighted by atomic mass is 10.0. The second kappa shape index (κ2) is 8.41. The Bertz CT molecular complexity index is 1060. The number of fused-ring (bicyclic) bond motifs is 1. The first-order valence-electron chi connectivity index (χ1n) is 9.69. The van der Waals surface area contributed by atoms with Crippen LogP contribution >= 0.6 is 0 Å². The summed E-state index contributed by atoms with van der Waals surface area (Å²) in [7, 11) is -3.38. The number of benzene rings is 1. The Morgan fingerprint density at radius 2 is 1.90 bits per heavy atom. The van der Waals surface area contributed by atoms with Crippen LogP contribution in [0.5, 0.6) is 0 Å². The first-order valence-corrected chi connectivity index (χ1v) is 11.6. The molecule has 8 heteroatoms. The number of urea groups is 1. The SMILES string of the molecule is Cc1ccc(C(NC(=O)NCc2cc3c([nH]c2=O)CCC3)C(C)S(C)(=O)=O)cc1. The second-order valence-corrected chi connectivity index (χ2v) is 10.1. The Morgan fingerprint density at radius 1 is 1.21 bits per heavy atom. The van der Waals surface area contributed by atoms with Crippen molar-refractivity contribution in [3.05, 3.63) is 68.6 Å². The average Bonchev–Trinajstić information content (AvgIpc) is 3.10. The Balaban J connectivity index is 1.73. The van der Waals surface area contributed by atoms with E-state index in [1.54, 1.807) is 6.92 Å². The predicted octanol–water partition coefficient (Wildman–Crippen LogP) is 2.15. The van der Waals surface area contributed by atoms with Gasteiger partial charge in [-0.05, 0) is 50.3 Å². The molecule has 2 aromatic rings. The van der Waals surface area contributed by atoms with Crippen LogP contribution in [0.1, 0.15) is 47.3 Å². The largest absolute Gasteiger partial charge is 0.334 e. The Hall–Kier alpha value is -2.61. The molecule has 2 atom stereocenters. The number of pyridine rings is 1. The van der Waals surface area contributed by atoms with Crippen molar-refractivity contribution in [3.8, 4) is 0 Å². The molecular formula is C21H27N3O4S. The Labute approximate surface area is 170 Å². The van der Waals surface area contributed by atoms with Gasteiger partial charge in [0.1, 0.15) is 0 Å². The van der Waals surface area contributed by atoms with Gasteiger partial charge in [-0.25, -0.2) is 13.2 Å². The van der Waals surface area contributed by atoms with Gasteiger partial charge in [-0.15, -0.1) is 0 Å². The summed E-state index contributed by atoms with van der Waals surface area (Å²) < 4.78 is 24.2. The number of rotatable bonds is 6. The molecule has 2 amide bonds. The molecule has 3 N–H and O–H groups in total. The van der Waals surface area contributed by atoms with E-state index >= 15 is 0 Å². The Morgan fingerprint density at radius 3 is 2.55 bits per heavy atom. The zero-order valence-electron chi connectivity index (χ0n) is 16.9. The molecule has 0 saturated heterocycles. The second-order valence-electron chi connectivity index (χ2n) is 7.73. The number of nitrogens with one attached hydrogen (secondary N) is 3. The summed E-state index contributed by atoms with van der Waals surface area (Å²) in [5.41, 5.74) is 4.13. The number of aromatic amines is 1. The van der Waals surface area contributed by atoms with E-state index in [1.165, 1.54) is 0 Å². The smallest absolute Gasteiger partial charge is 0.315 e. The van der Waals surface area contributed by atoms with Crippen LogP contribution in [-0.4, -0.2) is 30.9 Å². The van der Waals surface area contributed by atoms with Crippen LogP contribution < -0.4 is 16.2 Å². The van der Waals surface area contributed by atoms with E-state index in [1.807, 2.05) is 37.3 Å².